The van der Waals surface area contributed by atoms with Gasteiger partial charge in [-0.15, -0.1) is 5.75 Å². The van der Waals surface area contributed by atoms with Crippen LogP contribution in [0.5, 0.6) is 5.75 Å². The lowest BCUT2D eigenvalue weighted by atomic mass is 9.86. The van der Waals surface area contributed by atoms with Crippen LogP contribution >= 0.6 is 0 Å². The fourth-order valence-corrected chi connectivity index (χ4v) is 3.95. The van der Waals surface area contributed by atoms with E-state index in [9.17, 15) is 20.0 Å². The number of nitrogens with one attached hydrogen (secondary N) is 1. The Hall–Kier alpha value is -2.11. The predicted molar refractivity (Wildman–Crippen MR) is 77.9 cm³/mol. The number of rotatable bonds is 5. The smallest absolute Gasteiger partial charge is 0.269 e. The number of fused-ring (bicyclic) bond motifs is 2. The van der Waals surface area contributed by atoms with Gasteiger partial charge in [-0.25, -0.2) is 0 Å². The lowest BCUT2D eigenvalue weighted by molar-refractivity contribution is -0.385. The molecule has 2 saturated carbocycles. The molecular weight excluding hydrogens is 284 g/mol. The lowest BCUT2D eigenvalue weighted by Gasteiger charge is -2.21. The summed E-state index contributed by atoms with van der Waals surface area (Å²) in [5.41, 5.74) is 0.132. The van der Waals surface area contributed by atoms with Gasteiger partial charge in [-0.1, -0.05) is 12.5 Å². The highest BCUT2D eigenvalue weighted by Gasteiger charge is 2.39. The Morgan fingerprint density at radius 2 is 2.14 bits per heavy atom. The average Bonchev–Trinajstić information content (AvgIpc) is 3.08. The van der Waals surface area contributed by atoms with E-state index in [0.29, 0.717) is 18.3 Å². The maximum absolute atomic E-state index is 12.0. The van der Waals surface area contributed by atoms with Crippen LogP contribution < -0.4 is 10.4 Å². The van der Waals surface area contributed by atoms with E-state index in [1.54, 1.807) is 0 Å². The first-order valence-electron chi connectivity index (χ1n) is 7.74. The second kappa shape index (κ2) is 5.94. The number of nitro benzene ring substituents is 1. The summed E-state index contributed by atoms with van der Waals surface area (Å²) in [6.07, 6.45) is 5.44. The quantitative estimate of drug-likeness (QED) is 0.665. The molecule has 0 saturated heterocycles. The standard InChI is InChI=1S/C16H20N2O4/c19-15-4-3-14(18(21)22)7-13(15)9-17-16(20)8-12-6-10-1-2-11(12)5-10/h3-4,7,10-12,19H,1-2,5-6,8-9H2,(H,17,20)/p-1/t10-,11-,12+/m1/s1. The van der Waals surface area contributed by atoms with Crippen molar-refractivity contribution in [2.75, 3.05) is 0 Å². The molecule has 1 aromatic rings. The van der Waals surface area contributed by atoms with Gasteiger partial charge in [0.2, 0.25) is 5.91 Å². The molecule has 2 fully saturated rings. The molecule has 118 valence electrons. The first-order chi connectivity index (χ1) is 10.5. The molecule has 2 aliphatic carbocycles. The Labute approximate surface area is 128 Å². The van der Waals surface area contributed by atoms with Crippen LogP contribution in [0.1, 0.15) is 37.7 Å². The zero-order valence-corrected chi connectivity index (χ0v) is 12.3. The zero-order valence-electron chi connectivity index (χ0n) is 12.3. The number of hydrogen-bond acceptors (Lipinski definition) is 4. The summed E-state index contributed by atoms with van der Waals surface area (Å²) in [5, 5.41) is 25.1. The molecule has 1 N–H and O–H groups in total. The molecule has 1 amide bonds. The van der Waals surface area contributed by atoms with E-state index in [-0.39, 0.29) is 29.5 Å². The molecule has 0 radical (unpaired) electrons. The first-order valence-corrected chi connectivity index (χ1v) is 7.74. The fourth-order valence-electron chi connectivity index (χ4n) is 3.95. The van der Waals surface area contributed by atoms with Crippen LogP contribution in [0.15, 0.2) is 18.2 Å². The molecule has 22 heavy (non-hydrogen) atoms. The Bertz CT molecular complexity index is 602. The van der Waals surface area contributed by atoms with Crippen LogP contribution in [-0.2, 0) is 11.3 Å². The van der Waals surface area contributed by atoms with Gasteiger partial charge in [-0.3, -0.25) is 14.9 Å². The number of nitrogens with zero attached hydrogens (tertiary/aromatic N) is 1. The van der Waals surface area contributed by atoms with Crippen LogP contribution in [0.4, 0.5) is 5.69 Å². The molecule has 0 heterocycles. The van der Waals surface area contributed by atoms with Crippen molar-refractivity contribution in [1.82, 2.24) is 5.32 Å². The number of benzene rings is 1. The number of hydrogen-bond donors (Lipinski definition) is 1. The number of carbonyl (C=O) groups is 1. The Kier molecular flexibility index (Phi) is 4.00. The van der Waals surface area contributed by atoms with Gasteiger partial charge in [-0.2, -0.15) is 0 Å². The van der Waals surface area contributed by atoms with Crippen molar-refractivity contribution < 1.29 is 14.8 Å². The second-order valence-electron chi connectivity index (χ2n) is 6.46. The van der Waals surface area contributed by atoms with Gasteiger partial charge in [0.05, 0.1) is 4.92 Å². The van der Waals surface area contributed by atoms with Crippen molar-refractivity contribution in [3.63, 3.8) is 0 Å². The number of nitro groups is 1. The van der Waals surface area contributed by atoms with E-state index in [2.05, 4.69) is 5.32 Å². The SMILES string of the molecule is O=C(C[C@@H]1C[C@@H]2CC[C@@H]1C2)NCc1cc([N+](=O)[O-])ccc1[O-]. The van der Waals surface area contributed by atoms with E-state index in [4.69, 9.17) is 0 Å². The molecule has 1 aromatic carbocycles. The van der Waals surface area contributed by atoms with Crippen LogP contribution in [0.25, 0.3) is 0 Å². The van der Waals surface area contributed by atoms with Gasteiger partial charge in [-0.05, 0) is 42.6 Å². The van der Waals surface area contributed by atoms with Crippen molar-refractivity contribution in [2.45, 2.75) is 38.6 Å². The Balaban J connectivity index is 1.54. The van der Waals surface area contributed by atoms with E-state index in [1.165, 1.54) is 37.5 Å². The molecule has 0 aromatic heterocycles. The minimum atomic E-state index is -0.542. The van der Waals surface area contributed by atoms with Crippen LogP contribution in [0.2, 0.25) is 0 Å². The topological polar surface area (TPSA) is 95.3 Å². The molecule has 6 nitrogen and oxygen atoms in total. The molecule has 2 bridgehead atoms. The summed E-state index contributed by atoms with van der Waals surface area (Å²) in [5.74, 6) is 1.60. The third-order valence-corrected chi connectivity index (χ3v) is 5.06. The summed E-state index contributed by atoms with van der Waals surface area (Å²) >= 11 is 0. The van der Waals surface area contributed by atoms with Crippen molar-refractivity contribution in [2.24, 2.45) is 17.8 Å². The van der Waals surface area contributed by atoms with Gasteiger partial charge in [0, 0.05) is 25.1 Å². The van der Waals surface area contributed by atoms with Crippen LogP contribution in [0.3, 0.4) is 0 Å². The number of amides is 1. The number of carbonyl (C=O) groups excluding carboxylic acids is 1. The summed E-state index contributed by atoms with van der Waals surface area (Å²) in [7, 11) is 0. The average molecular weight is 303 g/mol. The van der Waals surface area contributed by atoms with Crippen LogP contribution in [-0.4, -0.2) is 10.8 Å². The highest BCUT2D eigenvalue weighted by Crippen LogP contribution is 2.49. The molecule has 3 atom stereocenters. The van der Waals surface area contributed by atoms with Gasteiger partial charge < -0.3 is 10.4 Å². The number of non-ortho nitro benzene ring substituents is 1. The normalized spacial score (nSPS) is 26.1. The Morgan fingerprint density at radius 1 is 1.32 bits per heavy atom. The minimum absolute atomic E-state index is 0.0557. The minimum Gasteiger partial charge on any atom is -0.872 e. The fraction of sp³-hybridized carbons (Fsp3) is 0.562. The lowest BCUT2D eigenvalue weighted by Crippen LogP contribution is -2.27. The van der Waals surface area contributed by atoms with Gasteiger partial charge in [0.1, 0.15) is 0 Å². The summed E-state index contributed by atoms with van der Waals surface area (Å²) in [6, 6.07) is 3.60. The third-order valence-electron chi connectivity index (χ3n) is 5.06. The second-order valence-corrected chi connectivity index (χ2v) is 6.46. The van der Waals surface area contributed by atoms with E-state index in [1.807, 2.05) is 0 Å². The van der Waals surface area contributed by atoms with Crippen LogP contribution in [0, 0.1) is 27.9 Å². The predicted octanol–water partition coefficient (Wildman–Crippen LogP) is 2.11. The molecule has 0 unspecified atom stereocenters. The third kappa shape index (κ3) is 3.05. The van der Waals surface area contributed by atoms with E-state index >= 15 is 0 Å². The molecule has 0 spiro atoms. The molecule has 0 aliphatic heterocycles. The summed E-state index contributed by atoms with van der Waals surface area (Å²) < 4.78 is 0. The monoisotopic (exact) mass is 303 g/mol. The molecular formula is C16H19N2O4-. The van der Waals surface area contributed by atoms with Crippen molar-refractivity contribution in [3.8, 4) is 5.75 Å². The maximum atomic E-state index is 12.0. The van der Waals surface area contributed by atoms with Crippen molar-refractivity contribution in [3.05, 3.63) is 33.9 Å². The Morgan fingerprint density at radius 3 is 2.77 bits per heavy atom. The van der Waals surface area contributed by atoms with Gasteiger partial charge >= 0.3 is 0 Å². The maximum Gasteiger partial charge on any atom is 0.269 e. The molecule has 3 rings (SSSR count). The summed E-state index contributed by atoms with van der Waals surface area (Å²) in [6.45, 7) is 0.0557. The van der Waals surface area contributed by atoms with Crippen molar-refractivity contribution >= 4 is 11.6 Å². The van der Waals surface area contributed by atoms with Gasteiger partial charge in [0.25, 0.3) is 5.69 Å². The van der Waals surface area contributed by atoms with E-state index in [0.717, 1.165) is 12.3 Å². The van der Waals surface area contributed by atoms with E-state index < -0.39 is 4.92 Å². The molecule has 2 aliphatic rings. The highest BCUT2D eigenvalue weighted by atomic mass is 16.6. The zero-order chi connectivity index (χ0) is 15.7. The summed E-state index contributed by atoms with van der Waals surface area (Å²) in [4.78, 5) is 22.2. The van der Waals surface area contributed by atoms with Gasteiger partial charge in [0.15, 0.2) is 0 Å². The molecule has 6 heteroatoms. The largest absolute Gasteiger partial charge is 0.872 e. The highest BCUT2D eigenvalue weighted by molar-refractivity contribution is 5.76. The van der Waals surface area contributed by atoms with Crippen molar-refractivity contribution in [1.29, 1.82) is 0 Å². The first kappa shape index (κ1) is 14.8.